The molecule has 10 heteroatoms. The van der Waals surface area contributed by atoms with Crippen molar-refractivity contribution in [1.29, 1.82) is 0 Å². The summed E-state index contributed by atoms with van der Waals surface area (Å²) in [5, 5.41) is 5.68. The van der Waals surface area contributed by atoms with E-state index in [1.54, 1.807) is 12.4 Å². The number of rotatable bonds is 12. The van der Waals surface area contributed by atoms with Gasteiger partial charge in [-0.25, -0.2) is 19.6 Å². The van der Waals surface area contributed by atoms with Crippen LogP contribution in [0.4, 0.5) is 9.59 Å². The molecule has 2 amide bonds. The van der Waals surface area contributed by atoms with Crippen molar-refractivity contribution in [3.8, 4) is 0 Å². The van der Waals surface area contributed by atoms with E-state index in [9.17, 15) is 9.59 Å². The van der Waals surface area contributed by atoms with Crippen molar-refractivity contribution in [2.45, 2.75) is 64.2 Å². The average molecular weight is 509 g/mol. The van der Waals surface area contributed by atoms with Gasteiger partial charge in [0.25, 0.3) is 0 Å². The molecule has 0 spiro atoms. The maximum absolute atomic E-state index is 12.2. The first kappa shape index (κ1) is 26.2. The number of hydrogen-bond acceptors (Lipinski definition) is 6. The molecule has 2 aromatic heterocycles. The summed E-state index contributed by atoms with van der Waals surface area (Å²) in [6.45, 7) is 3.88. The van der Waals surface area contributed by atoms with Gasteiger partial charge < -0.3 is 29.2 Å². The van der Waals surface area contributed by atoms with E-state index in [1.807, 2.05) is 35.5 Å². The minimum absolute atomic E-state index is 0.267. The first-order valence-electron chi connectivity index (χ1n) is 13.0. The van der Waals surface area contributed by atoms with Crippen molar-refractivity contribution < 1.29 is 19.1 Å². The molecule has 3 heterocycles. The molecule has 2 atom stereocenters. The standard InChI is InChI=1S/C27H36N6O4/c1-3-22(24-28-14-17-32(24)2)36-26(34)30-12-5-9-20-7-4-8-21(19-20)10-6-13-31-27(35)37-23-11-16-33-18-15-29-25(23)33/h4,7-8,14-15,17-19,22-23H,3,5-6,9-13,16H2,1-2H3,(H,30,34)(H,31,35)/t22?,23-/m0/s1. The highest BCUT2D eigenvalue weighted by Crippen LogP contribution is 2.27. The Bertz CT molecular complexity index is 1170. The number of fused-ring (bicyclic) bond motifs is 1. The Morgan fingerprint density at radius 2 is 1.76 bits per heavy atom. The highest BCUT2D eigenvalue weighted by molar-refractivity contribution is 5.67. The van der Waals surface area contributed by atoms with Crippen molar-refractivity contribution in [2.75, 3.05) is 13.1 Å². The van der Waals surface area contributed by atoms with Gasteiger partial charge in [-0.3, -0.25) is 0 Å². The summed E-state index contributed by atoms with van der Waals surface area (Å²) in [6, 6.07) is 8.42. The molecule has 10 nitrogen and oxygen atoms in total. The molecule has 0 bridgehead atoms. The topological polar surface area (TPSA) is 112 Å². The summed E-state index contributed by atoms with van der Waals surface area (Å²) < 4.78 is 14.9. The fourth-order valence-corrected chi connectivity index (χ4v) is 4.55. The second kappa shape index (κ2) is 12.9. The number of alkyl carbamates (subject to hydrolysis) is 2. The van der Waals surface area contributed by atoms with Crippen molar-refractivity contribution in [1.82, 2.24) is 29.7 Å². The number of carbonyl (C=O) groups is 2. The van der Waals surface area contributed by atoms with E-state index in [2.05, 4.69) is 44.9 Å². The van der Waals surface area contributed by atoms with Gasteiger partial charge in [-0.2, -0.15) is 0 Å². The summed E-state index contributed by atoms with van der Waals surface area (Å²) in [5.41, 5.74) is 2.44. The van der Waals surface area contributed by atoms with Gasteiger partial charge in [-0.1, -0.05) is 31.2 Å². The Labute approximate surface area is 217 Å². The fraction of sp³-hybridized carbons (Fsp3) is 0.481. The number of nitrogens with one attached hydrogen (secondary N) is 2. The van der Waals surface area contributed by atoms with Crippen LogP contribution in [0, 0.1) is 0 Å². The number of aromatic nitrogens is 4. The number of aryl methyl sites for hydroxylation is 4. The smallest absolute Gasteiger partial charge is 0.407 e. The molecule has 0 saturated carbocycles. The molecule has 0 saturated heterocycles. The van der Waals surface area contributed by atoms with Gasteiger partial charge in [0.1, 0.15) is 11.6 Å². The predicted octanol–water partition coefficient (Wildman–Crippen LogP) is 4.23. The summed E-state index contributed by atoms with van der Waals surface area (Å²) in [7, 11) is 1.89. The minimum atomic E-state index is -0.423. The monoisotopic (exact) mass is 508 g/mol. The van der Waals surface area contributed by atoms with E-state index in [4.69, 9.17) is 9.47 Å². The van der Waals surface area contributed by atoms with Gasteiger partial charge in [-0.15, -0.1) is 0 Å². The van der Waals surface area contributed by atoms with Crippen LogP contribution in [0.15, 0.2) is 49.1 Å². The molecule has 0 radical (unpaired) electrons. The van der Waals surface area contributed by atoms with Crippen LogP contribution in [-0.4, -0.2) is 44.4 Å². The van der Waals surface area contributed by atoms with E-state index in [0.29, 0.717) is 19.5 Å². The van der Waals surface area contributed by atoms with Gasteiger partial charge in [-0.05, 0) is 43.2 Å². The maximum Gasteiger partial charge on any atom is 0.407 e. The number of amides is 2. The Balaban J connectivity index is 1.10. The third-order valence-corrected chi connectivity index (χ3v) is 6.50. The van der Waals surface area contributed by atoms with Crippen molar-refractivity contribution in [3.63, 3.8) is 0 Å². The molecular formula is C27H36N6O4. The molecule has 3 aromatic rings. The lowest BCUT2D eigenvalue weighted by atomic mass is 10.0. The molecule has 1 aromatic carbocycles. The van der Waals surface area contributed by atoms with E-state index in [0.717, 1.165) is 50.3 Å². The maximum atomic E-state index is 12.2. The highest BCUT2D eigenvalue weighted by Gasteiger charge is 2.26. The summed E-state index contributed by atoms with van der Waals surface area (Å²) in [5.74, 6) is 1.55. The second-order valence-corrected chi connectivity index (χ2v) is 9.24. The molecule has 37 heavy (non-hydrogen) atoms. The molecule has 4 rings (SSSR count). The lowest BCUT2D eigenvalue weighted by molar-refractivity contribution is 0.0888. The minimum Gasteiger partial charge on any atom is -0.438 e. The Hall–Kier alpha value is -3.82. The lowest BCUT2D eigenvalue weighted by Gasteiger charge is -2.16. The van der Waals surface area contributed by atoms with E-state index >= 15 is 0 Å². The third-order valence-electron chi connectivity index (χ3n) is 6.50. The molecule has 1 aliphatic rings. The van der Waals surface area contributed by atoms with Gasteiger partial charge in [0.15, 0.2) is 12.2 Å². The van der Waals surface area contributed by atoms with Crippen LogP contribution in [-0.2, 0) is 35.9 Å². The van der Waals surface area contributed by atoms with Crippen LogP contribution in [0.1, 0.15) is 67.6 Å². The number of nitrogens with zero attached hydrogens (tertiary/aromatic N) is 4. The van der Waals surface area contributed by atoms with Crippen LogP contribution >= 0.6 is 0 Å². The zero-order valence-corrected chi connectivity index (χ0v) is 21.6. The molecule has 2 N–H and O–H groups in total. The quantitative estimate of drug-likeness (QED) is 0.354. The Morgan fingerprint density at radius 1 is 1.05 bits per heavy atom. The SMILES string of the molecule is CCC(OC(=O)NCCCc1cccc(CCCNC(=O)O[C@H]2CCn3ccnc32)c1)c1nccn1C. The second-order valence-electron chi connectivity index (χ2n) is 9.24. The molecular weight excluding hydrogens is 472 g/mol. The predicted molar refractivity (Wildman–Crippen MR) is 138 cm³/mol. The van der Waals surface area contributed by atoms with Crippen LogP contribution in [0.5, 0.6) is 0 Å². The van der Waals surface area contributed by atoms with Crippen LogP contribution in [0.2, 0.25) is 0 Å². The lowest BCUT2D eigenvalue weighted by Crippen LogP contribution is -2.28. The number of carbonyl (C=O) groups excluding carboxylic acids is 2. The largest absolute Gasteiger partial charge is 0.438 e. The van der Waals surface area contributed by atoms with Crippen LogP contribution < -0.4 is 10.6 Å². The molecule has 198 valence electrons. The first-order valence-corrected chi connectivity index (χ1v) is 13.0. The molecule has 1 unspecified atom stereocenters. The molecule has 1 aliphatic heterocycles. The molecule has 0 fully saturated rings. The van der Waals surface area contributed by atoms with Gasteiger partial charge in [0.2, 0.25) is 0 Å². The number of benzene rings is 1. The van der Waals surface area contributed by atoms with Gasteiger partial charge in [0, 0.05) is 57.9 Å². The van der Waals surface area contributed by atoms with Gasteiger partial charge >= 0.3 is 12.2 Å². The summed E-state index contributed by atoms with van der Waals surface area (Å²) in [6.07, 6.45) is 10.5. The Morgan fingerprint density at radius 3 is 2.43 bits per heavy atom. The average Bonchev–Trinajstić information content (AvgIpc) is 3.62. The zero-order valence-electron chi connectivity index (χ0n) is 21.6. The van der Waals surface area contributed by atoms with Crippen molar-refractivity contribution >= 4 is 12.2 Å². The summed E-state index contributed by atoms with van der Waals surface area (Å²) >= 11 is 0. The number of hydrogen-bond donors (Lipinski definition) is 2. The Kier molecular flexibility index (Phi) is 9.18. The fourth-order valence-electron chi connectivity index (χ4n) is 4.55. The van der Waals surface area contributed by atoms with E-state index < -0.39 is 12.2 Å². The van der Waals surface area contributed by atoms with Crippen LogP contribution in [0.3, 0.4) is 0 Å². The first-order chi connectivity index (χ1) is 18.0. The van der Waals surface area contributed by atoms with E-state index in [1.165, 1.54) is 11.1 Å². The number of imidazole rings is 2. The van der Waals surface area contributed by atoms with Crippen LogP contribution in [0.25, 0.3) is 0 Å². The normalized spacial score (nSPS) is 15.1. The van der Waals surface area contributed by atoms with Gasteiger partial charge in [0.05, 0.1) is 0 Å². The van der Waals surface area contributed by atoms with Crippen molar-refractivity contribution in [3.05, 3.63) is 71.8 Å². The highest BCUT2D eigenvalue weighted by atomic mass is 16.6. The van der Waals surface area contributed by atoms with E-state index in [-0.39, 0.29) is 12.2 Å². The zero-order chi connectivity index (χ0) is 26.0. The molecule has 0 aliphatic carbocycles. The number of ether oxygens (including phenoxy) is 2. The summed E-state index contributed by atoms with van der Waals surface area (Å²) in [4.78, 5) is 32.9. The van der Waals surface area contributed by atoms with Crippen molar-refractivity contribution in [2.24, 2.45) is 7.05 Å². The third kappa shape index (κ3) is 7.34.